The maximum absolute atomic E-state index is 11.9. The fraction of sp³-hybridized carbons (Fsp3) is 0.333. The smallest absolute Gasteiger partial charge is 0.276 e. The summed E-state index contributed by atoms with van der Waals surface area (Å²) in [7, 11) is 0. The summed E-state index contributed by atoms with van der Waals surface area (Å²) in [5.41, 5.74) is 6.78. The average Bonchev–Trinajstić information content (AvgIpc) is 2.69. The van der Waals surface area contributed by atoms with Gasteiger partial charge in [-0.15, -0.1) is 0 Å². The van der Waals surface area contributed by atoms with E-state index in [1.165, 1.54) is 0 Å². The molecule has 0 bridgehead atoms. The number of benzene rings is 2. The highest BCUT2D eigenvalue weighted by molar-refractivity contribution is 5.83. The third-order valence-corrected chi connectivity index (χ3v) is 3.92. The molecule has 0 radical (unpaired) electrons. The summed E-state index contributed by atoms with van der Waals surface area (Å²) in [6.45, 7) is 5.77. The van der Waals surface area contributed by atoms with Gasteiger partial charge in [0.2, 0.25) is 0 Å². The van der Waals surface area contributed by atoms with Crippen LogP contribution in [0.15, 0.2) is 48.5 Å². The van der Waals surface area contributed by atoms with Crippen LogP contribution < -0.4 is 20.3 Å². The number of amides is 2. The number of carbonyl (C=O) groups excluding carboxylic acids is 2. The zero-order valence-electron chi connectivity index (χ0n) is 16.0. The lowest BCUT2D eigenvalue weighted by Gasteiger charge is -2.14. The van der Waals surface area contributed by atoms with Crippen molar-refractivity contribution >= 4 is 11.8 Å². The molecule has 0 aliphatic heterocycles. The van der Waals surface area contributed by atoms with Gasteiger partial charge in [-0.2, -0.15) is 0 Å². The van der Waals surface area contributed by atoms with Gasteiger partial charge in [0.1, 0.15) is 11.5 Å². The van der Waals surface area contributed by atoms with Crippen molar-refractivity contribution in [2.45, 2.75) is 33.1 Å². The highest BCUT2D eigenvalue weighted by atomic mass is 16.5. The van der Waals surface area contributed by atoms with Crippen LogP contribution in [0.3, 0.4) is 0 Å². The Balaban J connectivity index is 1.73. The van der Waals surface area contributed by atoms with E-state index < -0.39 is 11.8 Å². The molecular formula is C21H26N2O4. The van der Waals surface area contributed by atoms with Crippen molar-refractivity contribution in [1.82, 2.24) is 10.9 Å². The molecule has 0 aliphatic carbocycles. The summed E-state index contributed by atoms with van der Waals surface area (Å²) >= 11 is 0. The molecule has 144 valence electrons. The van der Waals surface area contributed by atoms with Crippen molar-refractivity contribution in [2.75, 3.05) is 13.2 Å². The Morgan fingerprint density at radius 2 is 1.59 bits per heavy atom. The molecule has 6 heteroatoms. The second-order valence-electron chi connectivity index (χ2n) is 6.37. The van der Waals surface area contributed by atoms with Gasteiger partial charge in [0.15, 0.2) is 13.2 Å². The van der Waals surface area contributed by atoms with Crippen molar-refractivity contribution in [3.05, 3.63) is 59.7 Å². The third-order valence-electron chi connectivity index (χ3n) is 3.92. The average molecular weight is 370 g/mol. The first-order valence-corrected chi connectivity index (χ1v) is 9.00. The molecule has 6 nitrogen and oxygen atoms in total. The van der Waals surface area contributed by atoms with E-state index in [4.69, 9.17) is 9.47 Å². The van der Waals surface area contributed by atoms with Crippen LogP contribution in [0.5, 0.6) is 11.5 Å². The van der Waals surface area contributed by atoms with Crippen LogP contribution in [0.2, 0.25) is 0 Å². The lowest BCUT2D eigenvalue weighted by atomic mass is 10.0. The standard InChI is InChI=1S/C21H26N2O4/c1-4-16-8-7-9-17(12-16)26-13-20(24)22-23-21(25)14-27-19-11-6-5-10-18(19)15(2)3/h5-12,15H,4,13-14H2,1-3H3,(H,22,24)(H,23,25). The molecule has 0 aromatic heterocycles. The van der Waals surface area contributed by atoms with E-state index in [2.05, 4.69) is 24.7 Å². The Bertz CT molecular complexity index is 774. The number of nitrogens with one attached hydrogen (secondary N) is 2. The van der Waals surface area contributed by atoms with Gasteiger partial charge >= 0.3 is 0 Å². The fourth-order valence-electron chi connectivity index (χ4n) is 2.45. The molecule has 2 rings (SSSR count). The molecule has 0 spiro atoms. The fourth-order valence-corrected chi connectivity index (χ4v) is 2.45. The van der Waals surface area contributed by atoms with Gasteiger partial charge in [0, 0.05) is 0 Å². The Morgan fingerprint density at radius 1 is 0.926 bits per heavy atom. The lowest BCUT2D eigenvalue weighted by molar-refractivity contribution is -0.131. The Morgan fingerprint density at radius 3 is 2.26 bits per heavy atom. The number of hydrazine groups is 1. The summed E-state index contributed by atoms with van der Waals surface area (Å²) in [5.74, 6) is 0.660. The van der Waals surface area contributed by atoms with E-state index >= 15 is 0 Å². The molecular weight excluding hydrogens is 344 g/mol. The van der Waals surface area contributed by atoms with Crippen LogP contribution in [-0.2, 0) is 16.0 Å². The Labute approximate surface area is 159 Å². The highest BCUT2D eigenvalue weighted by Gasteiger charge is 2.10. The third kappa shape index (κ3) is 6.66. The van der Waals surface area contributed by atoms with Crippen molar-refractivity contribution in [3.8, 4) is 11.5 Å². The van der Waals surface area contributed by atoms with E-state index in [9.17, 15) is 9.59 Å². The molecule has 0 saturated heterocycles. The molecule has 2 N–H and O–H groups in total. The predicted molar refractivity (Wildman–Crippen MR) is 104 cm³/mol. The summed E-state index contributed by atoms with van der Waals surface area (Å²) in [6.07, 6.45) is 0.888. The normalized spacial score (nSPS) is 10.4. The number of rotatable bonds is 8. The number of hydrogen-bond acceptors (Lipinski definition) is 4. The van der Waals surface area contributed by atoms with Crippen LogP contribution in [0.4, 0.5) is 0 Å². The number of para-hydroxylation sites is 1. The first-order valence-electron chi connectivity index (χ1n) is 9.00. The zero-order valence-corrected chi connectivity index (χ0v) is 16.0. The van der Waals surface area contributed by atoms with Gasteiger partial charge in [-0.05, 0) is 41.7 Å². The van der Waals surface area contributed by atoms with Crippen molar-refractivity contribution in [3.63, 3.8) is 0 Å². The molecule has 2 aromatic carbocycles. The second-order valence-corrected chi connectivity index (χ2v) is 6.37. The topological polar surface area (TPSA) is 76.7 Å². The van der Waals surface area contributed by atoms with E-state index in [0.29, 0.717) is 11.5 Å². The van der Waals surface area contributed by atoms with Gasteiger partial charge in [0.05, 0.1) is 0 Å². The zero-order chi connectivity index (χ0) is 19.6. The Kier molecular flexibility index (Phi) is 7.67. The number of aryl methyl sites for hydroxylation is 1. The minimum Gasteiger partial charge on any atom is -0.484 e. The van der Waals surface area contributed by atoms with Crippen molar-refractivity contribution in [1.29, 1.82) is 0 Å². The highest BCUT2D eigenvalue weighted by Crippen LogP contribution is 2.25. The van der Waals surface area contributed by atoms with E-state index in [-0.39, 0.29) is 19.1 Å². The van der Waals surface area contributed by atoms with Crippen molar-refractivity contribution in [2.24, 2.45) is 0 Å². The summed E-state index contributed by atoms with van der Waals surface area (Å²) in [6, 6.07) is 15.1. The van der Waals surface area contributed by atoms with Crippen LogP contribution >= 0.6 is 0 Å². The first kappa shape index (κ1) is 20.3. The van der Waals surface area contributed by atoms with E-state index in [0.717, 1.165) is 17.5 Å². The Hall–Kier alpha value is -3.02. The second kappa shape index (κ2) is 10.2. The van der Waals surface area contributed by atoms with Gasteiger partial charge in [-0.3, -0.25) is 20.4 Å². The molecule has 2 amide bonds. The molecule has 2 aromatic rings. The molecule has 0 fully saturated rings. The minimum absolute atomic E-state index is 0.190. The summed E-state index contributed by atoms with van der Waals surface area (Å²) in [4.78, 5) is 23.7. The molecule has 0 heterocycles. The molecule has 0 unspecified atom stereocenters. The van der Waals surface area contributed by atoms with E-state index in [1.807, 2.05) is 49.4 Å². The monoisotopic (exact) mass is 370 g/mol. The number of carbonyl (C=O) groups is 2. The summed E-state index contributed by atoms with van der Waals surface area (Å²) in [5, 5.41) is 0. The maximum Gasteiger partial charge on any atom is 0.276 e. The lowest BCUT2D eigenvalue weighted by Crippen LogP contribution is -2.45. The SMILES string of the molecule is CCc1cccc(OCC(=O)NNC(=O)COc2ccccc2C(C)C)c1. The summed E-state index contributed by atoms with van der Waals surface area (Å²) < 4.78 is 11.0. The number of hydrogen-bond donors (Lipinski definition) is 2. The van der Waals surface area contributed by atoms with E-state index in [1.54, 1.807) is 6.07 Å². The van der Waals surface area contributed by atoms with Crippen LogP contribution in [-0.4, -0.2) is 25.0 Å². The van der Waals surface area contributed by atoms with Gasteiger partial charge in [-0.1, -0.05) is 51.1 Å². The molecule has 27 heavy (non-hydrogen) atoms. The quantitative estimate of drug-likeness (QED) is 0.701. The maximum atomic E-state index is 11.9. The molecule has 0 aliphatic rings. The number of ether oxygens (including phenoxy) is 2. The van der Waals surface area contributed by atoms with Crippen LogP contribution in [0.25, 0.3) is 0 Å². The van der Waals surface area contributed by atoms with Crippen molar-refractivity contribution < 1.29 is 19.1 Å². The minimum atomic E-state index is -0.451. The van der Waals surface area contributed by atoms with Gasteiger partial charge in [0.25, 0.3) is 11.8 Å². The van der Waals surface area contributed by atoms with Crippen LogP contribution in [0, 0.1) is 0 Å². The van der Waals surface area contributed by atoms with Gasteiger partial charge in [-0.25, -0.2) is 0 Å². The predicted octanol–water partition coefficient (Wildman–Crippen LogP) is 2.98. The largest absolute Gasteiger partial charge is 0.484 e. The molecule has 0 atom stereocenters. The van der Waals surface area contributed by atoms with Crippen LogP contribution in [0.1, 0.15) is 37.8 Å². The van der Waals surface area contributed by atoms with Gasteiger partial charge < -0.3 is 9.47 Å². The molecule has 0 saturated carbocycles. The first-order chi connectivity index (χ1) is 13.0.